The van der Waals surface area contributed by atoms with Gasteiger partial charge in [0.2, 0.25) is 11.8 Å². The third-order valence-corrected chi connectivity index (χ3v) is 5.26. The number of carbonyl (C=O) groups excluding carboxylic acids is 2. The van der Waals surface area contributed by atoms with Gasteiger partial charge in [-0.25, -0.2) is 4.39 Å². The predicted molar refractivity (Wildman–Crippen MR) is 96.2 cm³/mol. The molecule has 0 bridgehead atoms. The van der Waals surface area contributed by atoms with Crippen molar-refractivity contribution in [3.63, 3.8) is 0 Å². The molecule has 0 aromatic heterocycles. The summed E-state index contributed by atoms with van der Waals surface area (Å²) in [4.78, 5) is 28.9. The molecule has 0 spiro atoms. The van der Waals surface area contributed by atoms with E-state index in [1.54, 1.807) is 18.2 Å². The van der Waals surface area contributed by atoms with E-state index in [4.69, 9.17) is 4.74 Å². The minimum absolute atomic E-state index is 0.0196. The first-order chi connectivity index (χ1) is 12.6. The largest absolute Gasteiger partial charge is 0.378 e. The lowest BCUT2D eigenvalue weighted by Crippen LogP contribution is -2.50. The minimum atomic E-state index is -0.442. The number of para-hydroxylation sites is 1. The Bertz CT molecular complexity index is 641. The molecular weight excluding hydrogens is 337 g/mol. The van der Waals surface area contributed by atoms with Crippen molar-refractivity contribution in [3.8, 4) is 0 Å². The summed E-state index contributed by atoms with van der Waals surface area (Å²) in [6.07, 6.45) is 1.49. The summed E-state index contributed by atoms with van der Waals surface area (Å²) in [7, 11) is 0. The second-order valence-corrected chi connectivity index (χ2v) is 6.89. The lowest BCUT2D eigenvalue weighted by Gasteiger charge is -2.37. The highest BCUT2D eigenvalue weighted by atomic mass is 19.1. The Balaban J connectivity index is 1.50. The molecule has 7 heteroatoms. The van der Waals surface area contributed by atoms with Crippen LogP contribution in [0.3, 0.4) is 0 Å². The summed E-state index contributed by atoms with van der Waals surface area (Å²) in [5, 5.41) is 2.65. The van der Waals surface area contributed by atoms with Crippen molar-refractivity contribution < 1.29 is 18.7 Å². The van der Waals surface area contributed by atoms with Crippen LogP contribution in [-0.2, 0) is 14.3 Å². The number of nitrogens with one attached hydrogen (secondary N) is 1. The second-order valence-electron chi connectivity index (χ2n) is 6.89. The van der Waals surface area contributed by atoms with E-state index in [-0.39, 0.29) is 29.5 Å². The number of benzene rings is 1. The second kappa shape index (κ2) is 8.60. The summed E-state index contributed by atoms with van der Waals surface area (Å²) < 4.78 is 19.0. The average molecular weight is 363 g/mol. The number of anilines is 1. The Hall–Kier alpha value is -1.99. The van der Waals surface area contributed by atoms with Crippen LogP contribution in [0.5, 0.6) is 0 Å². The molecular formula is C19H26FN3O3. The summed E-state index contributed by atoms with van der Waals surface area (Å²) >= 11 is 0. The smallest absolute Gasteiger partial charge is 0.241 e. The molecule has 1 aromatic carbocycles. The van der Waals surface area contributed by atoms with Gasteiger partial charge >= 0.3 is 0 Å². The Labute approximate surface area is 153 Å². The summed E-state index contributed by atoms with van der Waals surface area (Å²) in [6, 6.07) is 5.78. The van der Waals surface area contributed by atoms with Crippen molar-refractivity contribution in [2.45, 2.75) is 25.8 Å². The summed E-state index contributed by atoms with van der Waals surface area (Å²) in [5.41, 5.74) is 0.196. The van der Waals surface area contributed by atoms with Gasteiger partial charge in [-0.05, 0) is 45.0 Å². The highest BCUT2D eigenvalue weighted by molar-refractivity contribution is 5.94. The number of likely N-dealkylation sites (tertiary alicyclic amines) is 1. The van der Waals surface area contributed by atoms with Gasteiger partial charge in [0.25, 0.3) is 0 Å². The quantitative estimate of drug-likeness (QED) is 0.885. The van der Waals surface area contributed by atoms with E-state index < -0.39 is 5.82 Å². The number of ether oxygens (including phenoxy) is 1. The van der Waals surface area contributed by atoms with Gasteiger partial charge in [0.1, 0.15) is 5.82 Å². The number of rotatable bonds is 4. The molecule has 2 aliphatic heterocycles. The van der Waals surface area contributed by atoms with E-state index in [0.29, 0.717) is 39.4 Å². The number of halogens is 1. The molecule has 142 valence electrons. The molecule has 0 radical (unpaired) electrons. The lowest BCUT2D eigenvalue weighted by atomic mass is 9.94. The summed E-state index contributed by atoms with van der Waals surface area (Å²) in [5.74, 6) is -0.446. The van der Waals surface area contributed by atoms with E-state index in [2.05, 4.69) is 10.2 Å². The van der Waals surface area contributed by atoms with Crippen molar-refractivity contribution in [1.82, 2.24) is 9.80 Å². The molecule has 6 nitrogen and oxygen atoms in total. The van der Waals surface area contributed by atoms with Crippen LogP contribution < -0.4 is 5.32 Å². The average Bonchev–Trinajstić information content (AvgIpc) is 2.69. The number of morpholine rings is 1. The topological polar surface area (TPSA) is 61.9 Å². The highest BCUT2D eigenvalue weighted by Crippen LogP contribution is 2.22. The molecule has 2 aliphatic rings. The van der Waals surface area contributed by atoms with Crippen LogP contribution in [0.4, 0.5) is 10.1 Å². The first-order valence-electron chi connectivity index (χ1n) is 9.22. The molecule has 2 saturated heterocycles. The molecule has 1 atom stereocenters. The number of hydrogen-bond acceptors (Lipinski definition) is 4. The fourth-order valence-electron chi connectivity index (χ4n) is 3.54. The van der Waals surface area contributed by atoms with E-state index in [0.717, 1.165) is 12.8 Å². The van der Waals surface area contributed by atoms with Crippen molar-refractivity contribution in [1.29, 1.82) is 0 Å². The van der Waals surface area contributed by atoms with E-state index in [1.165, 1.54) is 6.07 Å². The van der Waals surface area contributed by atoms with E-state index in [9.17, 15) is 14.0 Å². The first-order valence-corrected chi connectivity index (χ1v) is 9.22. The number of piperidine rings is 1. The third-order valence-electron chi connectivity index (χ3n) is 5.26. The highest BCUT2D eigenvalue weighted by Gasteiger charge is 2.32. The minimum Gasteiger partial charge on any atom is -0.378 e. The monoisotopic (exact) mass is 363 g/mol. The SMILES string of the molecule is C[C@H](C(=O)Nc1ccccc1F)N1CCC(C(=O)N2CCOCC2)CC1. The van der Waals surface area contributed by atoms with Gasteiger partial charge in [0.05, 0.1) is 24.9 Å². The third kappa shape index (κ3) is 4.40. The summed E-state index contributed by atoms with van der Waals surface area (Å²) in [6.45, 7) is 5.75. The lowest BCUT2D eigenvalue weighted by molar-refractivity contribution is -0.141. The molecule has 1 aromatic rings. The molecule has 2 fully saturated rings. The van der Waals surface area contributed by atoms with Crippen molar-refractivity contribution >= 4 is 17.5 Å². The maximum atomic E-state index is 13.7. The van der Waals surface area contributed by atoms with Crippen LogP contribution in [0.2, 0.25) is 0 Å². The standard InChI is InChI=1S/C19H26FN3O3/c1-14(18(24)21-17-5-3-2-4-16(17)20)22-8-6-15(7-9-22)19(25)23-10-12-26-13-11-23/h2-5,14-15H,6-13H2,1H3,(H,21,24)/t14-/m1/s1. The Morgan fingerprint density at radius 1 is 1.15 bits per heavy atom. The van der Waals surface area contributed by atoms with Crippen LogP contribution in [0.25, 0.3) is 0 Å². The van der Waals surface area contributed by atoms with E-state index >= 15 is 0 Å². The van der Waals surface area contributed by atoms with Gasteiger partial charge in [0, 0.05) is 19.0 Å². The molecule has 0 aliphatic carbocycles. The zero-order valence-corrected chi connectivity index (χ0v) is 15.1. The van der Waals surface area contributed by atoms with Crippen LogP contribution >= 0.6 is 0 Å². The molecule has 1 N–H and O–H groups in total. The fraction of sp³-hybridized carbons (Fsp3) is 0.579. The van der Waals surface area contributed by atoms with Gasteiger partial charge < -0.3 is 15.0 Å². The van der Waals surface area contributed by atoms with Crippen LogP contribution in [0, 0.1) is 11.7 Å². The Kier molecular flexibility index (Phi) is 6.21. The molecule has 3 rings (SSSR count). The normalized spacial score (nSPS) is 20.6. The van der Waals surface area contributed by atoms with Crippen molar-refractivity contribution in [3.05, 3.63) is 30.1 Å². The molecule has 2 amide bonds. The Morgan fingerprint density at radius 3 is 2.46 bits per heavy atom. The maximum Gasteiger partial charge on any atom is 0.241 e. The van der Waals surface area contributed by atoms with Crippen LogP contribution in [0.1, 0.15) is 19.8 Å². The van der Waals surface area contributed by atoms with Gasteiger partial charge in [-0.1, -0.05) is 12.1 Å². The van der Waals surface area contributed by atoms with Crippen LogP contribution in [-0.4, -0.2) is 67.0 Å². The van der Waals surface area contributed by atoms with Crippen molar-refractivity contribution in [2.75, 3.05) is 44.7 Å². The van der Waals surface area contributed by atoms with Gasteiger partial charge in [-0.3, -0.25) is 14.5 Å². The number of carbonyl (C=O) groups is 2. The van der Waals surface area contributed by atoms with Crippen LogP contribution in [0.15, 0.2) is 24.3 Å². The molecule has 0 unspecified atom stereocenters. The maximum absolute atomic E-state index is 13.7. The number of nitrogens with zero attached hydrogens (tertiary/aromatic N) is 2. The fourth-order valence-corrected chi connectivity index (χ4v) is 3.54. The molecule has 0 saturated carbocycles. The molecule has 26 heavy (non-hydrogen) atoms. The van der Waals surface area contributed by atoms with Gasteiger partial charge in [-0.15, -0.1) is 0 Å². The van der Waals surface area contributed by atoms with Crippen molar-refractivity contribution in [2.24, 2.45) is 5.92 Å². The van der Waals surface area contributed by atoms with E-state index in [1.807, 2.05) is 11.8 Å². The molecule has 2 heterocycles. The van der Waals surface area contributed by atoms with Gasteiger partial charge in [-0.2, -0.15) is 0 Å². The number of hydrogen-bond donors (Lipinski definition) is 1. The Morgan fingerprint density at radius 2 is 1.81 bits per heavy atom. The number of amides is 2. The predicted octanol–water partition coefficient (Wildman–Crippen LogP) is 1.72. The zero-order valence-electron chi connectivity index (χ0n) is 15.1. The zero-order chi connectivity index (χ0) is 18.5. The first kappa shape index (κ1) is 18.8. The van der Waals surface area contributed by atoms with Gasteiger partial charge in [0.15, 0.2) is 0 Å².